The molecule has 1 aliphatic carbocycles. The van der Waals surface area contributed by atoms with Gasteiger partial charge in [-0.1, -0.05) is 38.0 Å². The number of hydrogen-bond acceptors (Lipinski definition) is 3. The molecule has 2 amide bonds. The van der Waals surface area contributed by atoms with Crippen molar-refractivity contribution in [1.82, 2.24) is 4.90 Å². The third kappa shape index (κ3) is 5.25. The van der Waals surface area contributed by atoms with Crippen molar-refractivity contribution in [3.8, 4) is 0 Å². The zero-order valence-corrected chi connectivity index (χ0v) is 14.7. The highest BCUT2D eigenvalue weighted by atomic mass is 16.5. The number of esters is 1. The van der Waals surface area contributed by atoms with Gasteiger partial charge in [0.15, 0.2) is 0 Å². The van der Waals surface area contributed by atoms with E-state index in [0.717, 1.165) is 24.9 Å². The second-order valence-electron chi connectivity index (χ2n) is 6.37. The van der Waals surface area contributed by atoms with Gasteiger partial charge in [-0.25, -0.2) is 4.79 Å². The first-order chi connectivity index (χ1) is 11.6. The topological polar surface area (TPSA) is 58.6 Å². The molecule has 24 heavy (non-hydrogen) atoms. The number of benzene rings is 1. The van der Waals surface area contributed by atoms with E-state index in [1.165, 1.54) is 6.42 Å². The quantitative estimate of drug-likeness (QED) is 0.799. The van der Waals surface area contributed by atoms with E-state index in [1.54, 1.807) is 6.92 Å². The molecule has 2 unspecified atom stereocenters. The van der Waals surface area contributed by atoms with E-state index >= 15 is 0 Å². The van der Waals surface area contributed by atoms with Crippen molar-refractivity contribution in [2.24, 2.45) is 5.92 Å². The third-order valence-corrected chi connectivity index (χ3v) is 4.61. The van der Waals surface area contributed by atoms with Gasteiger partial charge in [-0.05, 0) is 37.8 Å². The molecule has 2 atom stereocenters. The Kier molecular flexibility index (Phi) is 7.09. The van der Waals surface area contributed by atoms with Gasteiger partial charge in [0.25, 0.3) is 0 Å². The standard InChI is InChI=1S/C19H28N2O3/c1-3-24-18(22)13-14-21(17-12-8-7-9-15(17)2)19(23)20-16-10-5-4-6-11-16/h4-6,10-11,15,17H,3,7-9,12-14H2,1-2H3,(H,20,23). The number of hydrogen-bond donors (Lipinski definition) is 1. The van der Waals surface area contributed by atoms with Crippen LogP contribution >= 0.6 is 0 Å². The Morgan fingerprint density at radius 2 is 1.92 bits per heavy atom. The molecule has 1 aromatic rings. The van der Waals surface area contributed by atoms with Crippen molar-refractivity contribution in [3.05, 3.63) is 30.3 Å². The van der Waals surface area contributed by atoms with Gasteiger partial charge in [0.1, 0.15) is 0 Å². The number of nitrogens with one attached hydrogen (secondary N) is 1. The summed E-state index contributed by atoms with van der Waals surface area (Å²) in [5, 5.41) is 2.95. The first-order valence-electron chi connectivity index (χ1n) is 8.90. The fourth-order valence-corrected chi connectivity index (χ4v) is 3.34. The van der Waals surface area contributed by atoms with E-state index < -0.39 is 0 Å². The van der Waals surface area contributed by atoms with E-state index in [1.807, 2.05) is 35.2 Å². The van der Waals surface area contributed by atoms with E-state index in [-0.39, 0.29) is 24.5 Å². The van der Waals surface area contributed by atoms with Gasteiger partial charge in [0, 0.05) is 18.3 Å². The molecular weight excluding hydrogens is 304 g/mol. The van der Waals surface area contributed by atoms with E-state index in [2.05, 4.69) is 12.2 Å². The number of rotatable bonds is 6. The molecule has 0 radical (unpaired) electrons. The van der Waals surface area contributed by atoms with Crippen molar-refractivity contribution >= 4 is 17.7 Å². The Hall–Kier alpha value is -2.04. The van der Waals surface area contributed by atoms with Gasteiger partial charge in [-0.15, -0.1) is 0 Å². The first kappa shape index (κ1) is 18.3. The molecule has 1 N–H and O–H groups in total. The fourth-order valence-electron chi connectivity index (χ4n) is 3.34. The molecule has 0 aromatic heterocycles. The predicted octanol–water partition coefficient (Wildman–Crippen LogP) is 4.05. The minimum Gasteiger partial charge on any atom is -0.466 e. The van der Waals surface area contributed by atoms with Crippen LogP contribution in [0.15, 0.2) is 30.3 Å². The lowest BCUT2D eigenvalue weighted by Crippen LogP contribution is -2.48. The van der Waals surface area contributed by atoms with Crippen LogP contribution in [0.5, 0.6) is 0 Å². The van der Waals surface area contributed by atoms with Crippen molar-refractivity contribution in [3.63, 3.8) is 0 Å². The monoisotopic (exact) mass is 332 g/mol. The molecule has 0 saturated heterocycles. The highest BCUT2D eigenvalue weighted by molar-refractivity contribution is 5.89. The largest absolute Gasteiger partial charge is 0.466 e. The summed E-state index contributed by atoms with van der Waals surface area (Å²) in [6, 6.07) is 9.47. The smallest absolute Gasteiger partial charge is 0.322 e. The van der Waals surface area contributed by atoms with Crippen LogP contribution in [0.3, 0.4) is 0 Å². The van der Waals surface area contributed by atoms with Gasteiger partial charge in [0.2, 0.25) is 0 Å². The zero-order valence-electron chi connectivity index (χ0n) is 14.7. The van der Waals surface area contributed by atoms with Crippen LogP contribution in [0.1, 0.15) is 46.0 Å². The SMILES string of the molecule is CCOC(=O)CCN(C(=O)Nc1ccccc1)C1CCCCC1C. The number of amides is 2. The van der Waals surface area contributed by atoms with E-state index in [0.29, 0.717) is 19.1 Å². The molecule has 0 spiro atoms. The number of urea groups is 1. The molecular formula is C19H28N2O3. The minimum atomic E-state index is -0.251. The Morgan fingerprint density at radius 1 is 1.21 bits per heavy atom. The lowest BCUT2D eigenvalue weighted by molar-refractivity contribution is -0.143. The van der Waals surface area contributed by atoms with Crippen LogP contribution in [0.25, 0.3) is 0 Å². The molecule has 0 bridgehead atoms. The van der Waals surface area contributed by atoms with Crippen molar-refractivity contribution in [2.75, 3.05) is 18.5 Å². The number of nitrogens with zero attached hydrogens (tertiary/aromatic N) is 1. The number of para-hydroxylation sites is 1. The van der Waals surface area contributed by atoms with E-state index in [9.17, 15) is 9.59 Å². The van der Waals surface area contributed by atoms with Crippen LogP contribution < -0.4 is 5.32 Å². The Labute approximate surface area is 144 Å². The average Bonchev–Trinajstić information content (AvgIpc) is 2.58. The van der Waals surface area contributed by atoms with Gasteiger partial charge in [-0.2, -0.15) is 0 Å². The summed E-state index contributed by atoms with van der Waals surface area (Å²) < 4.78 is 5.01. The predicted molar refractivity (Wildman–Crippen MR) is 94.8 cm³/mol. The second-order valence-corrected chi connectivity index (χ2v) is 6.37. The van der Waals surface area contributed by atoms with Crippen LogP contribution in [-0.4, -0.2) is 36.1 Å². The lowest BCUT2D eigenvalue weighted by atomic mass is 9.85. The molecule has 1 aliphatic rings. The Bertz CT molecular complexity index is 533. The maximum atomic E-state index is 12.8. The molecule has 2 rings (SSSR count). The highest BCUT2D eigenvalue weighted by Crippen LogP contribution is 2.28. The fraction of sp³-hybridized carbons (Fsp3) is 0.579. The maximum Gasteiger partial charge on any atom is 0.322 e. The minimum absolute atomic E-state index is 0.135. The molecule has 5 heteroatoms. The summed E-state index contributed by atoms with van der Waals surface area (Å²) in [5.41, 5.74) is 0.770. The van der Waals surface area contributed by atoms with Gasteiger partial charge < -0.3 is 15.0 Å². The Morgan fingerprint density at radius 3 is 2.58 bits per heavy atom. The third-order valence-electron chi connectivity index (χ3n) is 4.61. The zero-order chi connectivity index (χ0) is 17.4. The summed E-state index contributed by atoms with van der Waals surface area (Å²) in [6.45, 7) is 4.75. The van der Waals surface area contributed by atoms with Crippen molar-refractivity contribution in [2.45, 2.75) is 52.0 Å². The summed E-state index contributed by atoms with van der Waals surface area (Å²) >= 11 is 0. The molecule has 1 aromatic carbocycles. The van der Waals surface area contributed by atoms with Crippen molar-refractivity contribution < 1.29 is 14.3 Å². The van der Waals surface area contributed by atoms with Gasteiger partial charge >= 0.3 is 12.0 Å². The summed E-state index contributed by atoms with van der Waals surface area (Å²) in [4.78, 5) is 26.3. The number of carbonyl (C=O) groups excluding carboxylic acids is 2. The lowest BCUT2D eigenvalue weighted by Gasteiger charge is -2.38. The number of ether oxygens (including phenoxy) is 1. The second kappa shape index (κ2) is 9.30. The molecule has 1 saturated carbocycles. The number of anilines is 1. The van der Waals surface area contributed by atoms with Crippen LogP contribution in [0.2, 0.25) is 0 Å². The van der Waals surface area contributed by atoms with Gasteiger partial charge in [-0.3, -0.25) is 4.79 Å². The first-order valence-corrected chi connectivity index (χ1v) is 8.90. The molecule has 5 nitrogen and oxygen atoms in total. The molecule has 132 valence electrons. The maximum absolute atomic E-state index is 12.8. The summed E-state index contributed by atoms with van der Waals surface area (Å²) in [7, 11) is 0. The summed E-state index contributed by atoms with van der Waals surface area (Å²) in [5.74, 6) is 0.195. The van der Waals surface area contributed by atoms with Crippen LogP contribution in [0.4, 0.5) is 10.5 Å². The van der Waals surface area contributed by atoms with Crippen LogP contribution in [0, 0.1) is 5.92 Å². The average molecular weight is 332 g/mol. The number of carbonyl (C=O) groups is 2. The normalized spacial score (nSPS) is 20.2. The molecule has 1 fully saturated rings. The van der Waals surface area contributed by atoms with Gasteiger partial charge in [0.05, 0.1) is 13.0 Å². The van der Waals surface area contributed by atoms with Crippen molar-refractivity contribution in [1.29, 1.82) is 0 Å². The highest BCUT2D eigenvalue weighted by Gasteiger charge is 2.30. The summed E-state index contributed by atoms with van der Waals surface area (Å²) in [6.07, 6.45) is 4.69. The molecule has 0 heterocycles. The van der Waals surface area contributed by atoms with Crippen LogP contribution in [-0.2, 0) is 9.53 Å². The Balaban J connectivity index is 2.05. The van der Waals surface area contributed by atoms with E-state index in [4.69, 9.17) is 4.74 Å². The molecule has 0 aliphatic heterocycles.